The monoisotopic (exact) mass is 460 g/mol. The maximum atomic E-state index is 13.1. The molecule has 4 rings (SSSR count). The molecule has 4 amide bonds. The Kier molecular flexibility index (Phi) is 7.68. The zero-order chi connectivity index (χ0) is 22.5. The zero-order valence-corrected chi connectivity index (χ0v) is 19.3. The summed E-state index contributed by atoms with van der Waals surface area (Å²) in [6.45, 7) is 4.13. The third kappa shape index (κ3) is 5.62. The van der Waals surface area contributed by atoms with Crippen LogP contribution in [0.3, 0.4) is 0 Å². The molecule has 7 nitrogen and oxygen atoms in total. The van der Waals surface area contributed by atoms with Crippen molar-refractivity contribution in [3.05, 3.63) is 28.8 Å². The van der Waals surface area contributed by atoms with Crippen molar-refractivity contribution < 1.29 is 14.4 Å². The number of urea groups is 1. The largest absolute Gasteiger partial charge is 0.339 e. The first kappa shape index (κ1) is 23.1. The second-order valence-electron chi connectivity index (χ2n) is 9.28. The molecule has 0 atom stereocenters. The fourth-order valence-electron chi connectivity index (χ4n) is 5.12. The van der Waals surface area contributed by atoms with E-state index in [1.54, 1.807) is 18.2 Å². The van der Waals surface area contributed by atoms with Crippen molar-refractivity contribution in [1.82, 2.24) is 15.5 Å². The van der Waals surface area contributed by atoms with E-state index in [0.29, 0.717) is 22.2 Å². The molecule has 0 radical (unpaired) electrons. The molecule has 32 heavy (non-hydrogen) atoms. The van der Waals surface area contributed by atoms with Crippen LogP contribution in [0.1, 0.15) is 61.7 Å². The highest BCUT2D eigenvalue weighted by Gasteiger charge is 2.28. The lowest BCUT2D eigenvalue weighted by atomic mass is 9.87. The highest BCUT2D eigenvalue weighted by atomic mass is 35.5. The minimum Gasteiger partial charge on any atom is -0.339 e. The van der Waals surface area contributed by atoms with Crippen LogP contribution in [0.25, 0.3) is 0 Å². The van der Waals surface area contributed by atoms with Crippen molar-refractivity contribution in [2.75, 3.05) is 37.6 Å². The van der Waals surface area contributed by atoms with Gasteiger partial charge in [0, 0.05) is 31.6 Å². The number of carbonyl (C=O) groups is 3. The number of likely N-dealkylation sites (tertiary alicyclic amines) is 1. The summed E-state index contributed by atoms with van der Waals surface area (Å²) < 4.78 is 0. The van der Waals surface area contributed by atoms with E-state index in [0.717, 1.165) is 44.9 Å². The van der Waals surface area contributed by atoms with E-state index in [-0.39, 0.29) is 24.8 Å². The van der Waals surface area contributed by atoms with E-state index in [2.05, 4.69) is 10.6 Å². The van der Waals surface area contributed by atoms with Crippen LogP contribution < -0.4 is 15.5 Å². The number of rotatable bonds is 6. The van der Waals surface area contributed by atoms with Gasteiger partial charge < -0.3 is 10.2 Å². The Hall–Kier alpha value is -2.12. The number of nitrogens with zero attached hydrogens (tertiary/aromatic N) is 2. The SMILES string of the molecule is O=C1CCN(c2cc(C(=O)N3CCC(CCCC4CCNCC4)CC3)ccc2Cl)C(=O)N1. The third-order valence-electron chi connectivity index (χ3n) is 7.12. The van der Waals surface area contributed by atoms with E-state index in [1.165, 1.54) is 37.0 Å². The molecule has 3 heterocycles. The Morgan fingerprint density at radius 3 is 2.38 bits per heavy atom. The van der Waals surface area contributed by atoms with Gasteiger partial charge in [-0.3, -0.25) is 19.8 Å². The van der Waals surface area contributed by atoms with Crippen LogP contribution in [0, 0.1) is 11.8 Å². The molecule has 3 saturated heterocycles. The average Bonchev–Trinajstić information content (AvgIpc) is 2.80. The van der Waals surface area contributed by atoms with Crippen molar-refractivity contribution in [2.24, 2.45) is 11.8 Å². The third-order valence-corrected chi connectivity index (χ3v) is 7.44. The summed E-state index contributed by atoms with van der Waals surface area (Å²) in [7, 11) is 0. The molecule has 1 aromatic rings. The molecule has 3 aliphatic heterocycles. The second kappa shape index (κ2) is 10.7. The van der Waals surface area contributed by atoms with Crippen LogP contribution in [0.4, 0.5) is 10.5 Å². The molecule has 0 spiro atoms. The van der Waals surface area contributed by atoms with E-state index >= 15 is 0 Å². The predicted octanol–water partition coefficient (Wildman–Crippen LogP) is 3.81. The minimum absolute atomic E-state index is 0.0235. The summed E-state index contributed by atoms with van der Waals surface area (Å²) in [5.74, 6) is 1.27. The van der Waals surface area contributed by atoms with Crippen LogP contribution in [0.5, 0.6) is 0 Å². The highest BCUT2D eigenvalue weighted by molar-refractivity contribution is 6.34. The summed E-state index contributed by atoms with van der Waals surface area (Å²) in [4.78, 5) is 40.1. The molecule has 8 heteroatoms. The molecular weight excluding hydrogens is 428 g/mol. The summed E-state index contributed by atoms with van der Waals surface area (Å²) >= 11 is 6.31. The van der Waals surface area contributed by atoms with Gasteiger partial charge in [0.25, 0.3) is 5.91 Å². The van der Waals surface area contributed by atoms with Gasteiger partial charge in [-0.1, -0.05) is 30.9 Å². The molecule has 0 unspecified atom stereocenters. The van der Waals surface area contributed by atoms with Crippen LogP contribution >= 0.6 is 11.6 Å². The number of nitrogens with one attached hydrogen (secondary N) is 2. The normalized spacial score (nSPS) is 21.0. The Bertz CT molecular complexity index is 848. The Morgan fingerprint density at radius 1 is 1.00 bits per heavy atom. The van der Waals surface area contributed by atoms with Gasteiger partial charge in [-0.2, -0.15) is 0 Å². The van der Waals surface area contributed by atoms with Crippen LogP contribution in [-0.4, -0.2) is 55.5 Å². The van der Waals surface area contributed by atoms with E-state index < -0.39 is 6.03 Å². The maximum Gasteiger partial charge on any atom is 0.328 e. The summed E-state index contributed by atoms with van der Waals surface area (Å²) in [6.07, 6.45) is 8.83. The number of benzene rings is 1. The summed E-state index contributed by atoms with van der Waals surface area (Å²) in [6, 6.07) is 4.54. The van der Waals surface area contributed by atoms with Crippen molar-refractivity contribution in [1.29, 1.82) is 0 Å². The van der Waals surface area contributed by atoms with Crippen LogP contribution in [0.2, 0.25) is 5.02 Å². The minimum atomic E-state index is -0.502. The fraction of sp³-hybridized carbons (Fsp3) is 0.625. The quantitative estimate of drug-likeness (QED) is 0.676. The number of hydrogen-bond donors (Lipinski definition) is 2. The molecule has 0 bridgehead atoms. The molecular formula is C24H33ClN4O3. The average molecular weight is 461 g/mol. The van der Waals surface area contributed by atoms with Crippen LogP contribution in [-0.2, 0) is 4.79 Å². The van der Waals surface area contributed by atoms with Gasteiger partial charge >= 0.3 is 6.03 Å². The molecule has 2 N–H and O–H groups in total. The number of hydrogen-bond acceptors (Lipinski definition) is 4. The number of halogens is 1. The first-order valence-corrected chi connectivity index (χ1v) is 12.3. The second-order valence-corrected chi connectivity index (χ2v) is 9.69. The summed E-state index contributed by atoms with van der Waals surface area (Å²) in [5.41, 5.74) is 0.994. The highest BCUT2D eigenvalue weighted by Crippen LogP contribution is 2.30. The molecule has 3 aliphatic rings. The number of piperidine rings is 2. The smallest absolute Gasteiger partial charge is 0.328 e. The molecule has 174 valence electrons. The van der Waals surface area contributed by atoms with E-state index in [4.69, 9.17) is 11.6 Å². The van der Waals surface area contributed by atoms with Gasteiger partial charge in [0.15, 0.2) is 0 Å². The number of carbonyl (C=O) groups excluding carboxylic acids is 3. The Labute approximate surface area is 194 Å². The Balaban J connectivity index is 1.29. The fourth-order valence-corrected chi connectivity index (χ4v) is 5.34. The number of imide groups is 1. The van der Waals surface area contributed by atoms with Gasteiger partial charge in [-0.25, -0.2) is 4.79 Å². The molecule has 0 aliphatic carbocycles. The van der Waals surface area contributed by atoms with E-state index in [1.807, 2.05) is 4.90 Å². The van der Waals surface area contributed by atoms with Crippen molar-refractivity contribution >= 4 is 35.1 Å². The lowest BCUT2D eigenvalue weighted by Gasteiger charge is -2.33. The van der Waals surface area contributed by atoms with Gasteiger partial charge in [0.2, 0.25) is 5.91 Å². The molecule has 3 fully saturated rings. The maximum absolute atomic E-state index is 13.1. The van der Waals surface area contributed by atoms with Gasteiger partial charge in [0.05, 0.1) is 10.7 Å². The zero-order valence-electron chi connectivity index (χ0n) is 18.6. The molecule has 1 aromatic carbocycles. The molecule has 0 aromatic heterocycles. The van der Waals surface area contributed by atoms with Gasteiger partial charge in [-0.15, -0.1) is 0 Å². The first-order chi connectivity index (χ1) is 15.5. The van der Waals surface area contributed by atoms with E-state index in [9.17, 15) is 14.4 Å². The Morgan fingerprint density at radius 2 is 1.69 bits per heavy atom. The summed E-state index contributed by atoms with van der Waals surface area (Å²) in [5, 5.41) is 6.12. The number of anilines is 1. The standard InChI is InChI=1S/C24H33ClN4O3/c25-20-5-4-19(16-21(20)29-15-10-22(30)27-24(29)32)23(31)28-13-8-18(9-14-28)3-1-2-17-6-11-26-12-7-17/h4-5,16-18,26H,1-3,6-15H2,(H,27,30,32). The molecule has 0 saturated carbocycles. The van der Waals surface area contributed by atoms with Crippen molar-refractivity contribution in [3.63, 3.8) is 0 Å². The topological polar surface area (TPSA) is 81.8 Å². The van der Waals surface area contributed by atoms with Crippen molar-refractivity contribution in [3.8, 4) is 0 Å². The lowest BCUT2D eigenvalue weighted by molar-refractivity contribution is -0.120. The number of amides is 4. The lowest BCUT2D eigenvalue weighted by Crippen LogP contribution is -2.49. The van der Waals surface area contributed by atoms with Gasteiger partial charge in [-0.05, 0) is 68.8 Å². The van der Waals surface area contributed by atoms with Gasteiger partial charge in [0.1, 0.15) is 0 Å². The van der Waals surface area contributed by atoms with Crippen molar-refractivity contribution in [2.45, 2.75) is 51.4 Å². The first-order valence-electron chi connectivity index (χ1n) is 11.9. The van der Waals surface area contributed by atoms with Crippen LogP contribution in [0.15, 0.2) is 18.2 Å². The predicted molar refractivity (Wildman–Crippen MR) is 125 cm³/mol.